The minimum Gasteiger partial charge on any atom is -0.387 e. The molecule has 0 saturated heterocycles. The zero-order chi connectivity index (χ0) is 29.4. The molecule has 24 nitrogen and oxygen atoms in total. The highest BCUT2D eigenvalue weighted by molar-refractivity contribution is 7.95. The molecule has 0 spiro atoms. The van der Waals surface area contributed by atoms with Crippen molar-refractivity contribution in [2.75, 3.05) is 0 Å². The van der Waals surface area contributed by atoms with Crippen LogP contribution in [0.1, 0.15) is 0 Å². The molecule has 0 bridgehead atoms. The number of hydrogen-bond acceptors (Lipinski definition) is 18. The molecule has 0 aliphatic heterocycles. The van der Waals surface area contributed by atoms with E-state index in [0.29, 0.717) is 0 Å². The molecule has 216 valence electrons. The fourth-order valence-corrected chi connectivity index (χ4v) is 11.1. The SMILES string of the molecule is O=S(=O)(O)OC1(S(=O)(=O)O)[C@@](OS(=O)(=O)O)(S(=O)(=O)O)[C@@H](O)C(O)[C@@H](O)[C@@]1(OS(=O)(=O)O)S(=O)(=O)O. The van der Waals surface area contributed by atoms with E-state index in [0.717, 1.165) is 0 Å². The summed E-state index contributed by atoms with van der Waals surface area (Å²) in [7, 11) is -43.8. The number of aliphatic hydroxyl groups excluding tert-OH is 3. The Hall–Kier alpha value is -0.780. The van der Waals surface area contributed by atoms with E-state index in [9.17, 15) is 79.5 Å². The predicted octanol–water partition coefficient (Wildman–Crippen LogP) is -6.71. The molecule has 0 heterocycles. The zero-order valence-electron chi connectivity index (χ0n) is 15.8. The summed E-state index contributed by atoms with van der Waals surface area (Å²) in [6.07, 6.45) is -12.9. The van der Waals surface area contributed by atoms with Gasteiger partial charge >= 0.3 is 66.5 Å². The van der Waals surface area contributed by atoms with Crippen molar-refractivity contribution < 1.29 is 106 Å². The van der Waals surface area contributed by atoms with Gasteiger partial charge in [-0.1, -0.05) is 0 Å². The summed E-state index contributed by atoms with van der Waals surface area (Å²) in [4.78, 5) is -18.8. The van der Waals surface area contributed by atoms with E-state index < -0.39 is 94.7 Å². The van der Waals surface area contributed by atoms with Gasteiger partial charge in [0.15, 0.2) is 0 Å². The Labute approximate surface area is 200 Å². The summed E-state index contributed by atoms with van der Waals surface area (Å²) >= 11 is 0. The maximum atomic E-state index is 12.4. The van der Waals surface area contributed by atoms with E-state index in [-0.39, 0.29) is 0 Å². The van der Waals surface area contributed by atoms with E-state index in [1.807, 2.05) is 0 Å². The van der Waals surface area contributed by atoms with Crippen LogP contribution in [0.3, 0.4) is 0 Å². The summed E-state index contributed by atoms with van der Waals surface area (Å²) in [6, 6.07) is 0. The number of rotatable bonds is 9. The van der Waals surface area contributed by atoms with Gasteiger partial charge in [-0.15, -0.1) is 0 Å². The molecule has 0 aromatic carbocycles. The van der Waals surface area contributed by atoms with Gasteiger partial charge in [0.05, 0.1) is 0 Å². The molecular formula is C6H12O24S6. The van der Waals surface area contributed by atoms with E-state index in [4.69, 9.17) is 13.7 Å². The van der Waals surface area contributed by atoms with Crippen LogP contribution in [0.15, 0.2) is 0 Å². The van der Waals surface area contributed by atoms with Gasteiger partial charge in [0.2, 0.25) is 0 Å². The molecule has 0 aromatic rings. The van der Waals surface area contributed by atoms with Crippen molar-refractivity contribution in [1.29, 1.82) is 0 Å². The summed E-state index contributed by atoms with van der Waals surface area (Å²) in [5.74, 6) is 0. The maximum absolute atomic E-state index is 12.4. The first kappa shape index (κ1) is 33.2. The van der Waals surface area contributed by atoms with E-state index >= 15 is 0 Å². The molecule has 1 rings (SSSR count). The normalized spacial score (nSPS) is 35.4. The highest BCUT2D eigenvalue weighted by atomic mass is 32.3. The molecule has 0 aromatic heterocycles. The van der Waals surface area contributed by atoms with E-state index in [1.54, 1.807) is 0 Å². The molecule has 6 atom stereocenters. The van der Waals surface area contributed by atoms with Crippen LogP contribution in [0.4, 0.5) is 0 Å². The van der Waals surface area contributed by atoms with Gasteiger partial charge in [0.25, 0.3) is 9.87 Å². The highest BCUT2D eigenvalue weighted by Crippen LogP contribution is 2.58. The molecule has 0 radical (unpaired) electrons. The van der Waals surface area contributed by atoms with E-state index in [2.05, 4.69) is 12.5 Å². The Balaban J connectivity index is 5.09. The quantitative estimate of drug-likeness (QED) is 0.104. The summed E-state index contributed by atoms with van der Waals surface area (Å²) in [6.45, 7) is 0. The molecule has 9 N–H and O–H groups in total. The third kappa shape index (κ3) is 5.10. The first-order chi connectivity index (χ1) is 15.3. The average molecular weight is 661 g/mol. The zero-order valence-corrected chi connectivity index (χ0v) is 20.7. The van der Waals surface area contributed by atoms with E-state index in [1.165, 1.54) is 0 Å². The van der Waals surface area contributed by atoms with Gasteiger partial charge in [-0.05, 0) is 0 Å². The molecule has 1 fully saturated rings. The first-order valence-corrected chi connectivity index (χ1v) is 15.8. The second-order valence-corrected chi connectivity index (χ2v) is 14.0. The Morgan fingerprint density at radius 1 is 0.444 bits per heavy atom. The Morgan fingerprint density at radius 2 is 0.694 bits per heavy atom. The van der Waals surface area contributed by atoms with Gasteiger partial charge in [0, 0.05) is 0 Å². The van der Waals surface area contributed by atoms with Crippen LogP contribution >= 0.6 is 0 Å². The van der Waals surface area contributed by atoms with Crippen molar-refractivity contribution in [3.8, 4) is 0 Å². The van der Waals surface area contributed by atoms with Crippen molar-refractivity contribution >= 4 is 61.6 Å². The Bertz CT molecular complexity index is 1460. The lowest BCUT2D eigenvalue weighted by Gasteiger charge is -2.56. The minimum atomic E-state index is -7.81. The fraction of sp³-hybridized carbons (Fsp3) is 1.00. The van der Waals surface area contributed by atoms with Gasteiger partial charge in [0.1, 0.15) is 18.3 Å². The lowest BCUT2D eigenvalue weighted by atomic mass is 9.83. The first-order valence-electron chi connectivity index (χ1n) is 7.34. The minimum absolute atomic E-state index is 3.18. The maximum Gasteiger partial charge on any atom is 0.399 e. The molecular weight excluding hydrogens is 648 g/mol. The second-order valence-electron chi connectivity index (χ2n) is 6.29. The van der Waals surface area contributed by atoms with Crippen LogP contribution < -0.4 is 0 Å². The van der Waals surface area contributed by atoms with Gasteiger partial charge < -0.3 is 15.3 Å². The Morgan fingerprint density at radius 3 is 0.861 bits per heavy atom. The summed E-state index contributed by atoms with van der Waals surface area (Å²) < 4.78 is 207. The third-order valence-corrected chi connectivity index (χ3v) is 10.3. The van der Waals surface area contributed by atoms with Crippen molar-refractivity contribution in [1.82, 2.24) is 0 Å². The van der Waals surface area contributed by atoms with Gasteiger partial charge in [-0.2, -0.15) is 50.5 Å². The molecule has 1 saturated carbocycles. The monoisotopic (exact) mass is 660 g/mol. The second kappa shape index (κ2) is 8.88. The number of aliphatic hydroxyl groups is 3. The lowest BCUT2D eigenvalue weighted by Crippen LogP contribution is -2.90. The van der Waals surface area contributed by atoms with Crippen molar-refractivity contribution in [2.45, 2.75) is 33.1 Å². The molecule has 1 aliphatic rings. The topological polar surface area (TPSA) is 415 Å². The summed E-state index contributed by atoms with van der Waals surface area (Å²) in [5.41, 5.74) is 0. The van der Waals surface area contributed by atoms with Crippen LogP contribution in [-0.4, -0.2) is 126 Å². The van der Waals surface area contributed by atoms with Crippen molar-refractivity contribution in [2.24, 2.45) is 0 Å². The largest absolute Gasteiger partial charge is 0.399 e. The standard InChI is InChI=1S/C6H12O24S6/c7-1-2(8)4(31(10,11)12,28-34(19,20)21)6(33(16,17)18,30-36(25,26)27)5(3(1)9,32(13,14)15)29-35(22,23)24/h1-3,7-9H,(H,10,11,12)(H,13,14,15)(H,16,17,18)(H,19,20,21)(H,22,23,24)(H,25,26,27)/t1?,2-,3+,4-,5+,6?. The highest BCUT2D eigenvalue weighted by Gasteiger charge is 2.94. The van der Waals surface area contributed by atoms with Crippen LogP contribution in [0.2, 0.25) is 0 Å². The third-order valence-electron chi connectivity index (χ3n) is 4.15. The molecule has 2 unspecified atom stereocenters. The van der Waals surface area contributed by atoms with Crippen molar-refractivity contribution in [3.63, 3.8) is 0 Å². The summed E-state index contributed by atoms with van der Waals surface area (Å²) in [5, 5.41) is 30.2. The number of hydrogen-bond donors (Lipinski definition) is 9. The van der Waals surface area contributed by atoms with Crippen LogP contribution in [0.25, 0.3) is 0 Å². The van der Waals surface area contributed by atoms with Crippen LogP contribution in [0.5, 0.6) is 0 Å². The van der Waals surface area contributed by atoms with Crippen LogP contribution in [-0.2, 0) is 74.1 Å². The predicted molar refractivity (Wildman–Crippen MR) is 98.8 cm³/mol. The fourth-order valence-electron chi connectivity index (χ4n) is 3.17. The molecule has 0 amide bonds. The average Bonchev–Trinajstić information content (AvgIpc) is 2.53. The van der Waals surface area contributed by atoms with Crippen molar-refractivity contribution in [3.05, 3.63) is 0 Å². The van der Waals surface area contributed by atoms with Crippen LogP contribution in [0, 0.1) is 0 Å². The van der Waals surface area contributed by atoms with Gasteiger partial charge in [-0.25, -0.2) is 12.5 Å². The molecule has 1 aliphatic carbocycles. The lowest BCUT2D eigenvalue weighted by molar-refractivity contribution is -0.252. The molecule has 30 heteroatoms. The smallest absolute Gasteiger partial charge is 0.387 e. The molecule has 36 heavy (non-hydrogen) atoms. The van der Waals surface area contributed by atoms with Gasteiger partial charge in [-0.3, -0.25) is 27.3 Å². The Kier molecular flexibility index (Phi) is 8.20.